The van der Waals surface area contributed by atoms with Crippen LogP contribution in [0.3, 0.4) is 0 Å². The summed E-state index contributed by atoms with van der Waals surface area (Å²) >= 11 is 1.86. The highest BCUT2D eigenvalue weighted by Gasteiger charge is 2.24. The van der Waals surface area contributed by atoms with Crippen LogP contribution in [-0.4, -0.2) is 4.40 Å². The standard InChI is InChI=1S/C54H32N2OS/c1-5-15-45-39(10-1)41-29-30-47(53-42-12-2-6-16-46(42)56(45)54(41)53)55(36-25-20-33(21-26-36)35-24-31-51-44(32-35)40-11-4-8-19-50(40)58-51)37-27-22-34(23-28-37)38-14-9-18-49-52(38)43-13-3-7-17-48(43)57-49/h1-32H. The predicted octanol–water partition coefficient (Wildman–Crippen LogP) is 15.9. The van der Waals surface area contributed by atoms with Gasteiger partial charge in [0.15, 0.2) is 0 Å². The van der Waals surface area contributed by atoms with Gasteiger partial charge in [-0.15, -0.1) is 11.3 Å². The Morgan fingerprint density at radius 3 is 1.83 bits per heavy atom. The predicted molar refractivity (Wildman–Crippen MR) is 247 cm³/mol. The summed E-state index contributed by atoms with van der Waals surface area (Å²) in [6.45, 7) is 0. The monoisotopic (exact) mass is 756 g/mol. The van der Waals surface area contributed by atoms with Crippen LogP contribution in [0.5, 0.6) is 0 Å². The van der Waals surface area contributed by atoms with Crippen molar-refractivity contribution in [2.45, 2.75) is 0 Å². The van der Waals surface area contributed by atoms with Gasteiger partial charge in [0.2, 0.25) is 0 Å². The number of anilines is 3. The largest absolute Gasteiger partial charge is 0.456 e. The average Bonchev–Trinajstić information content (AvgIpc) is 4.04. The van der Waals surface area contributed by atoms with Crippen LogP contribution in [0.1, 0.15) is 0 Å². The SMILES string of the molecule is c1ccc2c(c1)oc1cccc(-c3ccc(N(c4ccc(-c5ccc6sc7ccccc7c6c5)cc4)c4ccc5c6ccccc6n6c7ccccc7c4c56)cc3)c12. The highest BCUT2D eigenvalue weighted by atomic mass is 32.1. The molecule has 13 aromatic rings. The molecule has 0 aliphatic heterocycles. The summed E-state index contributed by atoms with van der Waals surface area (Å²) in [6, 6.07) is 70.8. The highest BCUT2D eigenvalue weighted by molar-refractivity contribution is 7.25. The third kappa shape index (κ3) is 4.49. The van der Waals surface area contributed by atoms with Gasteiger partial charge >= 0.3 is 0 Å². The van der Waals surface area contributed by atoms with E-state index in [9.17, 15) is 0 Å². The number of thiophene rings is 1. The summed E-state index contributed by atoms with van der Waals surface area (Å²) in [5.41, 5.74) is 13.6. The zero-order valence-electron chi connectivity index (χ0n) is 31.2. The van der Waals surface area contributed by atoms with Crippen molar-refractivity contribution in [3.05, 3.63) is 194 Å². The maximum absolute atomic E-state index is 6.28. The molecule has 0 bridgehead atoms. The molecule has 0 spiro atoms. The quantitative estimate of drug-likeness (QED) is 0.174. The number of aromatic nitrogens is 1. The van der Waals surface area contributed by atoms with E-state index in [1.54, 1.807) is 0 Å². The molecule has 13 rings (SSSR count). The van der Waals surface area contributed by atoms with E-state index in [1.165, 1.54) is 75.0 Å². The Bertz CT molecular complexity index is 3740. The molecule has 0 aliphatic rings. The second kappa shape index (κ2) is 12.1. The lowest BCUT2D eigenvalue weighted by atomic mass is 9.98. The fourth-order valence-corrected chi connectivity index (χ4v) is 10.7. The average molecular weight is 757 g/mol. The summed E-state index contributed by atoms with van der Waals surface area (Å²) in [6.07, 6.45) is 0. The van der Waals surface area contributed by atoms with Crippen molar-refractivity contribution in [3.63, 3.8) is 0 Å². The van der Waals surface area contributed by atoms with E-state index in [4.69, 9.17) is 4.42 Å². The van der Waals surface area contributed by atoms with E-state index in [1.807, 2.05) is 23.5 Å². The minimum absolute atomic E-state index is 0.904. The maximum Gasteiger partial charge on any atom is 0.136 e. The van der Waals surface area contributed by atoms with Gasteiger partial charge in [0.1, 0.15) is 11.2 Å². The fraction of sp³-hybridized carbons (Fsp3) is 0. The van der Waals surface area contributed by atoms with Gasteiger partial charge in [-0.3, -0.25) is 0 Å². The van der Waals surface area contributed by atoms with E-state index in [2.05, 4.69) is 191 Å². The number of fused-ring (bicyclic) bond motifs is 12. The molecular formula is C54H32N2OS. The molecule has 9 aromatic carbocycles. The van der Waals surface area contributed by atoms with Crippen LogP contribution in [0.25, 0.3) is 102 Å². The lowest BCUT2D eigenvalue weighted by Gasteiger charge is -2.27. The Kier molecular flexibility index (Phi) is 6.60. The van der Waals surface area contributed by atoms with Gasteiger partial charge in [0.25, 0.3) is 0 Å². The first-order valence-electron chi connectivity index (χ1n) is 19.8. The lowest BCUT2D eigenvalue weighted by Crippen LogP contribution is -2.10. The summed E-state index contributed by atoms with van der Waals surface area (Å²) in [4.78, 5) is 2.44. The van der Waals surface area contributed by atoms with E-state index in [0.29, 0.717) is 0 Å². The van der Waals surface area contributed by atoms with Gasteiger partial charge < -0.3 is 13.7 Å². The minimum atomic E-state index is 0.904. The molecule has 58 heavy (non-hydrogen) atoms. The molecule has 0 atom stereocenters. The third-order valence-electron chi connectivity index (χ3n) is 12.1. The maximum atomic E-state index is 6.28. The van der Waals surface area contributed by atoms with Gasteiger partial charge in [0, 0.05) is 63.9 Å². The van der Waals surface area contributed by atoms with E-state index < -0.39 is 0 Å². The molecule has 4 aromatic heterocycles. The van der Waals surface area contributed by atoms with Crippen LogP contribution < -0.4 is 4.90 Å². The summed E-state index contributed by atoms with van der Waals surface area (Å²) in [5.74, 6) is 0. The van der Waals surface area contributed by atoms with Crippen LogP contribution in [0.4, 0.5) is 17.1 Å². The van der Waals surface area contributed by atoms with Gasteiger partial charge in [0.05, 0.1) is 22.2 Å². The number of para-hydroxylation sites is 3. The van der Waals surface area contributed by atoms with Crippen molar-refractivity contribution in [2.75, 3.05) is 4.90 Å². The second-order valence-electron chi connectivity index (χ2n) is 15.2. The summed E-state index contributed by atoms with van der Waals surface area (Å²) in [7, 11) is 0. The van der Waals surface area contributed by atoms with Crippen LogP contribution in [0.15, 0.2) is 199 Å². The van der Waals surface area contributed by atoms with Crippen LogP contribution in [-0.2, 0) is 0 Å². The molecule has 3 nitrogen and oxygen atoms in total. The third-order valence-corrected chi connectivity index (χ3v) is 13.3. The Balaban J connectivity index is 1.01. The van der Waals surface area contributed by atoms with Gasteiger partial charge in [-0.2, -0.15) is 0 Å². The van der Waals surface area contributed by atoms with Crippen molar-refractivity contribution in [3.8, 4) is 22.3 Å². The Morgan fingerprint density at radius 1 is 0.397 bits per heavy atom. The van der Waals surface area contributed by atoms with Crippen molar-refractivity contribution >= 4 is 109 Å². The molecule has 4 heteroatoms. The van der Waals surface area contributed by atoms with Crippen LogP contribution >= 0.6 is 11.3 Å². The summed E-state index contributed by atoms with van der Waals surface area (Å²) in [5, 5.41) is 9.96. The van der Waals surface area contributed by atoms with E-state index in [0.717, 1.165) is 44.6 Å². The first-order valence-corrected chi connectivity index (χ1v) is 20.6. The number of furan rings is 1. The Hall–Kier alpha value is -7.40. The number of benzene rings is 9. The van der Waals surface area contributed by atoms with E-state index >= 15 is 0 Å². The van der Waals surface area contributed by atoms with Crippen molar-refractivity contribution in [2.24, 2.45) is 0 Å². The highest BCUT2D eigenvalue weighted by Crippen LogP contribution is 2.48. The molecular weight excluding hydrogens is 725 g/mol. The number of hydrogen-bond acceptors (Lipinski definition) is 3. The molecule has 270 valence electrons. The Labute approximate surface area is 337 Å². The van der Waals surface area contributed by atoms with Gasteiger partial charge in [-0.1, -0.05) is 121 Å². The fourth-order valence-electron chi connectivity index (χ4n) is 9.57. The smallest absolute Gasteiger partial charge is 0.136 e. The number of hydrogen-bond donors (Lipinski definition) is 0. The zero-order valence-corrected chi connectivity index (χ0v) is 32.0. The molecule has 0 unspecified atom stereocenters. The molecule has 0 aliphatic carbocycles. The zero-order chi connectivity index (χ0) is 37.9. The summed E-state index contributed by atoms with van der Waals surface area (Å²) < 4.78 is 11.4. The van der Waals surface area contributed by atoms with Crippen molar-refractivity contribution in [1.82, 2.24) is 4.40 Å². The molecule has 0 saturated carbocycles. The molecule has 0 saturated heterocycles. The topological polar surface area (TPSA) is 20.8 Å². The molecule has 0 amide bonds. The molecule has 0 fully saturated rings. The molecule has 0 N–H and O–H groups in total. The molecule has 0 radical (unpaired) electrons. The normalized spacial score (nSPS) is 12.1. The minimum Gasteiger partial charge on any atom is -0.456 e. The van der Waals surface area contributed by atoms with Gasteiger partial charge in [-0.25, -0.2) is 0 Å². The van der Waals surface area contributed by atoms with Crippen LogP contribution in [0.2, 0.25) is 0 Å². The van der Waals surface area contributed by atoms with Crippen LogP contribution in [0, 0.1) is 0 Å². The molecule has 4 heterocycles. The first kappa shape index (κ1) is 31.8. The second-order valence-corrected chi connectivity index (χ2v) is 16.3. The van der Waals surface area contributed by atoms with Crippen molar-refractivity contribution in [1.29, 1.82) is 0 Å². The number of nitrogens with zero attached hydrogens (tertiary/aromatic N) is 2. The van der Waals surface area contributed by atoms with Gasteiger partial charge in [-0.05, 0) is 95.1 Å². The Morgan fingerprint density at radius 2 is 1.02 bits per heavy atom. The van der Waals surface area contributed by atoms with E-state index in [-0.39, 0.29) is 0 Å². The lowest BCUT2D eigenvalue weighted by molar-refractivity contribution is 0.669. The number of rotatable bonds is 5. The van der Waals surface area contributed by atoms with Crippen molar-refractivity contribution < 1.29 is 4.42 Å². The first-order chi connectivity index (χ1) is 28.8.